The largest absolute Gasteiger partial charge is 0.381 e. The first-order valence-corrected chi connectivity index (χ1v) is 10.0. The molecule has 24 heavy (non-hydrogen) atoms. The monoisotopic (exact) mass is 363 g/mol. The Morgan fingerprint density at radius 1 is 1.38 bits per heavy atom. The topological polar surface area (TPSA) is 63.2 Å². The number of hydrogen-bond acceptors (Lipinski definition) is 6. The number of carbonyl (C=O) groups is 1. The van der Waals surface area contributed by atoms with E-state index in [1.54, 1.807) is 17.5 Å². The number of anilines is 1. The zero-order valence-electron chi connectivity index (χ0n) is 13.6. The van der Waals surface area contributed by atoms with Crippen LogP contribution in [0.1, 0.15) is 45.4 Å². The van der Waals surface area contributed by atoms with Crippen molar-refractivity contribution in [2.45, 2.75) is 44.2 Å². The molecule has 1 saturated heterocycles. The maximum atomic E-state index is 12.3. The van der Waals surface area contributed by atoms with Crippen LogP contribution in [0.5, 0.6) is 0 Å². The van der Waals surface area contributed by atoms with Crippen molar-refractivity contribution in [1.82, 2.24) is 10.3 Å². The first-order chi connectivity index (χ1) is 11.7. The van der Waals surface area contributed by atoms with Gasteiger partial charge in [-0.2, -0.15) is 0 Å². The Kier molecular flexibility index (Phi) is 4.67. The summed E-state index contributed by atoms with van der Waals surface area (Å²) in [4.78, 5) is 17.8. The highest BCUT2D eigenvalue weighted by Crippen LogP contribution is 2.44. The lowest BCUT2D eigenvalue weighted by Gasteiger charge is -2.23. The average Bonchev–Trinajstić information content (AvgIpc) is 2.97. The molecule has 128 valence electrons. The molecule has 1 amide bonds. The normalized spacial score (nSPS) is 24.0. The molecule has 0 spiro atoms. The van der Waals surface area contributed by atoms with Crippen LogP contribution in [0.3, 0.4) is 0 Å². The van der Waals surface area contributed by atoms with Crippen molar-refractivity contribution in [3.8, 4) is 0 Å². The maximum absolute atomic E-state index is 12.3. The lowest BCUT2D eigenvalue weighted by Crippen LogP contribution is -2.36. The molecule has 5 nitrogen and oxygen atoms in total. The van der Waals surface area contributed by atoms with Gasteiger partial charge in [0.05, 0.1) is 16.8 Å². The van der Waals surface area contributed by atoms with Gasteiger partial charge in [0, 0.05) is 41.5 Å². The standard InChI is InChI=1S/C17H21N3O2S2/c1-10-18-8-16(24-10)20-17(21)11-6-15(23-9-11)13-7-14(13)19-12-2-4-22-5-3-12/h6,8-9,12-14,19H,2-5,7H2,1H3,(H,20,21)/t13-,14+/m0/s1. The van der Waals surface area contributed by atoms with E-state index in [-0.39, 0.29) is 5.91 Å². The third-order valence-corrected chi connectivity index (χ3v) is 6.46. The quantitative estimate of drug-likeness (QED) is 0.855. The fraction of sp³-hybridized carbons (Fsp3) is 0.529. The smallest absolute Gasteiger partial charge is 0.257 e. The predicted molar refractivity (Wildman–Crippen MR) is 97.2 cm³/mol. The Balaban J connectivity index is 1.32. The molecule has 2 aliphatic rings. The first-order valence-electron chi connectivity index (χ1n) is 8.35. The predicted octanol–water partition coefficient (Wildman–Crippen LogP) is 3.39. The molecule has 4 rings (SSSR count). The van der Waals surface area contributed by atoms with Gasteiger partial charge in [-0.1, -0.05) is 0 Å². The molecule has 2 aromatic heterocycles. The summed E-state index contributed by atoms with van der Waals surface area (Å²) in [5.74, 6) is 0.515. The summed E-state index contributed by atoms with van der Waals surface area (Å²) >= 11 is 3.19. The number of ether oxygens (including phenoxy) is 1. The van der Waals surface area contributed by atoms with Crippen molar-refractivity contribution in [1.29, 1.82) is 0 Å². The summed E-state index contributed by atoms with van der Waals surface area (Å²) < 4.78 is 5.41. The van der Waals surface area contributed by atoms with Gasteiger partial charge in [0.1, 0.15) is 5.00 Å². The summed E-state index contributed by atoms with van der Waals surface area (Å²) in [6.07, 6.45) is 5.10. The molecule has 0 aromatic carbocycles. The van der Waals surface area contributed by atoms with Crippen molar-refractivity contribution >= 4 is 33.6 Å². The molecule has 0 unspecified atom stereocenters. The molecule has 1 aliphatic heterocycles. The zero-order chi connectivity index (χ0) is 16.5. The van der Waals surface area contributed by atoms with Crippen LogP contribution in [0, 0.1) is 6.92 Å². The lowest BCUT2D eigenvalue weighted by atomic mass is 10.1. The minimum Gasteiger partial charge on any atom is -0.381 e. The van der Waals surface area contributed by atoms with Crippen LogP contribution in [0.2, 0.25) is 0 Å². The van der Waals surface area contributed by atoms with E-state index in [1.165, 1.54) is 22.6 Å². The maximum Gasteiger partial charge on any atom is 0.257 e. The second-order valence-corrected chi connectivity index (χ2v) is 8.61. The zero-order valence-corrected chi connectivity index (χ0v) is 15.2. The highest BCUT2D eigenvalue weighted by Gasteiger charge is 2.40. The number of hydrogen-bond donors (Lipinski definition) is 2. The molecule has 2 aromatic rings. The number of nitrogens with one attached hydrogen (secondary N) is 2. The molecular formula is C17H21N3O2S2. The molecule has 0 bridgehead atoms. The highest BCUT2D eigenvalue weighted by molar-refractivity contribution is 7.15. The van der Waals surface area contributed by atoms with Crippen LogP contribution < -0.4 is 10.6 Å². The number of thiazole rings is 1. The molecule has 1 saturated carbocycles. The number of aromatic nitrogens is 1. The number of carbonyl (C=O) groups excluding carboxylic acids is 1. The Labute approximate surface area is 149 Å². The third kappa shape index (κ3) is 3.69. The van der Waals surface area contributed by atoms with Gasteiger partial charge in [-0.3, -0.25) is 4.79 Å². The summed E-state index contributed by atoms with van der Waals surface area (Å²) in [6, 6.07) is 3.20. The molecule has 0 radical (unpaired) electrons. The number of amides is 1. The Bertz CT molecular complexity index is 721. The number of rotatable bonds is 5. The van der Waals surface area contributed by atoms with Gasteiger partial charge in [0.25, 0.3) is 5.91 Å². The number of aryl methyl sites for hydroxylation is 1. The van der Waals surface area contributed by atoms with Gasteiger partial charge in [0.15, 0.2) is 0 Å². The van der Waals surface area contributed by atoms with Crippen LogP contribution in [-0.4, -0.2) is 36.2 Å². The minimum atomic E-state index is -0.0456. The molecule has 2 atom stereocenters. The lowest BCUT2D eigenvalue weighted by molar-refractivity contribution is 0.0774. The van der Waals surface area contributed by atoms with E-state index in [2.05, 4.69) is 15.6 Å². The van der Waals surface area contributed by atoms with Crippen molar-refractivity contribution in [3.63, 3.8) is 0 Å². The van der Waals surface area contributed by atoms with Crippen LogP contribution in [0.4, 0.5) is 5.00 Å². The van der Waals surface area contributed by atoms with E-state index >= 15 is 0 Å². The van der Waals surface area contributed by atoms with Crippen molar-refractivity contribution < 1.29 is 9.53 Å². The van der Waals surface area contributed by atoms with Gasteiger partial charge < -0.3 is 15.4 Å². The van der Waals surface area contributed by atoms with E-state index < -0.39 is 0 Å². The highest BCUT2D eigenvalue weighted by atomic mass is 32.1. The molecule has 2 N–H and O–H groups in total. The second kappa shape index (κ2) is 6.92. The van der Waals surface area contributed by atoms with Gasteiger partial charge in [-0.25, -0.2) is 4.98 Å². The van der Waals surface area contributed by atoms with Crippen LogP contribution in [0.15, 0.2) is 17.6 Å². The Hall–Kier alpha value is -1.28. The molecule has 2 fully saturated rings. The van der Waals surface area contributed by atoms with Gasteiger partial charge in [-0.05, 0) is 32.3 Å². The SMILES string of the molecule is Cc1ncc(NC(=O)c2csc([C@H]3C[C@H]3NC3CCOCC3)c2)s1. The summed E-state index contributed by atoms with van der Waals surface area (Å²) in [7, 11) is 0. The van der Waals surface area contributed by atoms with E-state index in [4.69, 9.17) is 4.74 Å². The van der Waals surface area contributed by atoms with Crippen molar-refractivity contribution in [2.24, 2.45) is 0 Å². The summed E-state index contributed by atoms with van der Waals surface area (Å²) in [5, 5.41) is 10.4. The van der Waals surface area contributed by atoms with E-state index in [9.17, 15) is 4.79 Å². The van der Waals surface area contributed by atoms with E-state index in [0.29, 0.717) is 18.0 Å². The minimum absolute atomic E-state index is 0.0456. The summed E-state index contributed by atoms with van der Waals surface area (Å²) in [6.45, 7) is 3.67. The van der Waals surface area contributed by atoms with Crippen LogP contribution >= 0.6 is 22.7 Å². The van der Waals surface area contributed by atoms with Crippen LogP contribution in [-0.2, 0) is 4.74 Å². The van der Waals surface area contributed by atoms with E-state index in [0.717, 1.165) is 41.6 Å². The second-order valence-electron chi connectivity index (χ2n) is 6.44. The number of nitrogens with zero attached hydrogens (tertiary/aromatic N) is 1. The number of thiophene rings is 1. The Morgan fingerprint density at radius 3 is 2.96 bits per heavy atom. The van der Waals surface area contributed by atoms with Crippen molar-refractivity contribution in [3.05, 3.63) is 33.1 Å². The first kappa shape index (κ1) is 16.2. The molecular weight excluding hydrogens is 342 g/mol. The fourth-order valence-electron chi connectivity index (χ4n) is 3.13. The molecule has 7 heteroatoms. The van der Waals surface area contributed by atoms with E-state index in [1.807, 2.05) is 18.4 Å². The van der Waals surface area contributed by atoms with Crippen LogP contribution in [0.25, 0.3) is 0 Å². The fourth-order valence-corrected chi connectivity index (χ4v) is 4.87. The third-order valence-electron chi connectivity index (χ3n) is 4.57. The van der Waals surface area contributed by atoms with Crippen molar-refractivity contribution in [2.75, 3.05) is 18.5 Å². The van der Waals surface area contributed by atoms with Gasteiger partial charge >= 0.3 is 0 Å². The molecule has 1 aliphatic carbocycles. The van der Waals surface area contributed by atoms with Gasteiger partial charge in [0.2, 0.25) is 0 Å². The van der Waals surface area contributed by atoms with Gasteiger partial charge in [-0.15, -0.1) is 22.7 Å². The Morgan fingerprint density at radius 2 is 2.21 bits per heavy atom. The summed E-state index contributed by atoms with van der Waals surface area (Å²) in [5.41, 5.74) is 0.748. The average molecular weight is 364 g/mol. The molecule has 3 heterocycles.